The Labute approximate surface area is 147 Å². The number of nitrogens with one attached hydrogen (secondary N) is 2. The second-order valence-corrected chi connectivity index (χ2v) is 6.46. The molecule has 0 aromatic heterocycles. The Morgan fingerprint density at radius 2 is 1.54 bits per heavy atom. The third-order valence-corrected chi connectivity index (χ3v) is 3.88. The molecular formula is C19H21ClN2O2. The molecule has 4 nitrogen and oxygen atoms in total. The summed E-state index contributed by atoms with van der Waals surface area (Å²) in [5.74, 6) is -0.400. The number of benzene rings is 2. The van der Waals surface area contributed by atoms with Crippen LogP contribution >= 0.6 is 11.6 Å². The summed E-state index contributed by atoms with van der Waals surface area (Å²) in [5, 5.41) is 6.27. The number of carbonyl (C=O) groups excluding carboxylic acids is 2. The fourth-order valence-electron chi connectivity index (χ4n) is 2.61. The molecule has 126 valence electrons. The van der Waals surface area contributed by atoms with Gasteiger partial charge in [-0.1, -0.05) is 43.6 Å². The summed E-state index contributed by atoms with van der Waals surface area (Å²) in [6.45, 7) is 5.46. The van der Waals surface area contributed by atoms with Crippen molar-refractivity contribution < 1.29 is 9.59 Å². The van der Waals surface area contributed by atoms with Gasteiger partial charge in [-0.15, -0.1) is 0 Å². The van der Waals surface area contributed by atoms with Gasteiger partial charge in [0.15, 0.2) is 0 Å². The molecule has 0 saturated carbocycles. The highest BCUT2D eigenvalue weighted by Gasteiger charge is 2.24. The lowest BCUT2D eigenvalue weighted by atomic mass is 9.87. The second-order valence-electron chi connectivity index (χ2n) is 6.02. The van der Waals surface area contributed by atoms with Gasteiger partial charge in [0.1, 0.15) is 0 Å². The smallest absolute Gasteiger partial charge is 0.232 e. The SMILES string of the molecule is CC(=O)Nc1cccc(NC(=O)[C@H](c2ccc(Cl)cc2)C(C)C)c1. The van der Waals surface area contributed by atoms with Crippen LogP contribution in [0.3, 0.4) is 0 Å². The zero-order valence-corrected chi connectivity index (χ0v) is 14.7. The molecule has 0 aliphatic heterocycles. The first-order chi connectivity index (χ1) is 11.4. The monoisotopic (exact) mass is 344 g/mol. The Morgan fingerprint density at radius 3 is 2.08 bits per heavy atom. The number of carbonyl (C=O) groups is 2. The summed E-state index contributed by atoms with van der Waals surface area (Å²) in [6, 6.07) is 14.4. The quantitative estimate of drug-likeness (QED) is 0.827. The topological polar surface area (TPSA) is 58.2 Å². The van der Waals surface area contributed by atoms with E-state index in [4.69, 9.17) is 11.6 Å². The van der Waals surface area contributed by atoms with Crippen LogP contribution in [0.1, 0.15) is 32.3 Å². The number of anilines is 2. The molecule has 2 rings (SSSR count). The van der Waals surface area contributed by atoms with E-state index in [0.29, 0.717) is 16.4 Å². The van der Waals surface area contributed by atoms with Crippen molar-refractivity contribution in [2.45, 2.75) is 26.7 Å². The molecule has 0 bridgehead atoms. The molecule has 2 N–H and O–H groups in total. The first-order valence-electron chi connectivity index (χ1n) is 7.81. The zero-order chi connectivity index (χ0) is 17.7. The summed E-state index contributed by atoms with van der Waals surface area (Å²) < 4.78 is 0. The third kappa shape index (κ3) is 4.83. The van der Waals surface area contributed by atoms with Crippen LogP contribution < -0.4 is 10.6 Å². The number of hydrogen-bond acceptors (Lipinski definition) is 2. The molecule has 2 aromatic rings. The molecule has 0 heterocycles. The molecule has 0 unspecified atom stereocenters. The van der Waals surface area contributed by atoms with Crippen LogP contribution in [0.4, 0.5) is 11.4 Å². The molecule has 0 spiro atoms. The van der Waals surface area contributed by atoms with Gasteiger partial charge >= 0.3 is 0 Å². The number of hydrogen-bond donors (Lipinski definition) is 2. The fraction of sp³-hybridized carbons (Fsp3) is 0.263. The third-order valence-electron chi connectivity index (χ3n) is 3.63. The van der Waals surface area contributed by atoms with Crippen molar-refractivity contribution in [3.8, 4) is 0 Å². The van der Waals surface area contributed by atoms with Crippen molar-refractivity contribution in [1.82, 2.24) is 0 Å². The van der Waals surface area contributed by atoms with E-state index in [1.807, 2.05) is 26.0 Å². The summed E-state index contributed by atoms with van der Waals surface area (Å²) in [4.78, 5) is 23.9. The van der Waals surface area contributed by atoms with E-state index in [0.717, 1.165) is 5.56 Å². The summed E-state index contributed by atoms with van der Waals surface area (Å²) >= 11 is 5.93. The van der Waals surface area contributed by atoms with Crippen molar-refractivity contribution in [2.24, 2.45) is 5.92 Å². The average Bonchev–Trinajstić information content (AvgIpc) is 2.48. The zero-order valence-electron chi connectivity index (χ0n) is 14.0. The van der Waals surface area contributed by atoms with Gasteiger partial charge in [-0.3, -0.25) is 9.59 Å². The van der Waals surface area contributed by atoms with Crippen molar-refractivity contribution in [3.05, 3.63) is 59.1 Å². The fourth-order valence-corrected chi connectivity index (χ4v) is 2.73. The molecule has 2 aromatic carbocycles. The Morgan fingerprint density at radius 1 is 0.958 bits per heavy atom. The van der Waals surface area contributed by atoms with E-state index in [2.05, 4.69) is 10.6 Å². The summed E-state index contributed by atoms with van der Waals surface area (Å²) in [6.07, 6.45) is 0. The van der Waals surface area contributed by atoms with Crippen LogP contribution in [0.5, 0.6) is 0 Å². The standard InChI is InChI=1S/C19H21ClN2O2/c1-12(2)18(14-7-9-15(20)10-8-14)19(24)22-17-6-4-5-16(11-17)21-13(3)23/h4-12,18H,1-3H3,(H,21,23)(H,22,24)/t18-/m0/s1. The minimum atomic E-state index is -0.285. The van der Waals surface area contributed by atoms with Crippen molar-refractivity contribution >= 4 is 34.8 Å². The van der Waals surface area contributed by atoms with Gasteiger partial charge in [0.05, 0.1) is 5.92 Å². The summed E-state index contributed by atoms with van der Waals surface area (Å²) in [5.41, 5.74) is 2.21. The molecule has 24 heavy (non-hydrogen) atoms. The average molecular weight is 345 g/mol. The lowest BCUT2D eigenvalue weighted by Crippen LogP contribution is -2.25. The van der Waals surface area contributed by atoms with E-state index >= 15 is 0 Å². The molecule has 0 aliphatic rings. The van der Waals surface area contributed by atoms with Gasteiger partial charge in [-0.05, 0) is 41.8 Å². The maximum absolute atomic E-state index is 12.7. The Balaban J connectivity index is 2.19. The maximum atomic E-state index is 12.7. The number of halogens is 1. The second kappa shape index (κ2) is 7.97. The van der Waals surface area contributed by atoms with Crippen LogP contribution in [0.2, 0.25) is 5.02 Å². The highest BCUT2D eigenvalue weighted by molar-refractivity contribution is 6.30. The molecule has 0 saturated heterocycles. The van der Waals surface area contributed by atoms with Gasteiger partial charge < -0.3 is 10.6 Å². The largest absolute Gasteiger partial charge is 0.326 e. The van der Waals surface area contributed by atoms with Crippen LogP contribution in [-0.4, -0.2) is 11.8 Å². The van der Waals surface area contributed by atoms with Gasteiger partial charge in [0, 0.05) is 23.3 Å². The van der Waals surface area contributed by atoms with Crippen molar-refractivity contribution in [1.29, 1.82) is 0 Å². The Bertz CT molecular complexity index is 726. The van der Waals surface area contributed by atoms with Gasteiger partial charge in [0.25, 0.3) is 0 Å². The minimum Gasteiger partial charge on any atom is -0.326 e. The first kappa shape index (κ1) is 18.0. The van der Waals surface area contributed by atoms with Gasteiger partial charge in [-0.25, -0.2) is 0 Å². The van der Waals surface area contributed by atoms with E-state index in [1.54, 1.807) is 36.4 Å². The highest BCUT2D eigenvalue weighted by Crippen LogP contribution is 2.27. The van der Waals surface area contributed by atoms with Crippen molar-refractivity contribution in [2.75, 3.05) is 10.6 Å². The predicted molar refractivity (Wildman–Crippen MR) is 98.4 cm³/mol. The molecule has 1 atom stereocenters. The molecule has 2 amide bonds. The Kier molecular flexibility index (Phi) is 5.99. The van der Waals surface area contributed by atoms with Crippen LogP contribution in [-0.2, 0) is 9.59 Å². The first-order valence-corrected chi connectivity index (χ1v) is 8.18. The van der Waals surface area contributed by atoms with E-state index in [-0.39, 0.29) is 23.7 Å². The maximum Gasteiger partial charge on any atom is 0.232 e. The minimum absolute atomic E-state index is 0.0905. The predicted octanol–water partition coefficient (Wildman–Crippen LogP) is 4.68. The Hall–Kier alpha value is -2.33. The molecular weight excluding hydrogens is 324 g/mol. The van der Waals surface area contributed by atoms with Crippen LogP contribution in [0, 0.1) is 5.92 Å². The van der Waals surface area contributed by atoms with E-state index in [9.17, 15) is 9.59 Å². The van der Waals surface area contributed by atoms with Crippen LogP contribution in [0.25, 0.3) is 0 Å². The molecule has 5 heteroatoms. The molecule has 0 radical (unpaired) electrons. The van der Waals surface area contributed by atoms with E-state index in [1.165, 1.54) is 6.92 Å². The lowest BCUT2D eigenvalue weighted by molar-refractivity contribution is -0.118. The van der Waals surface area contributed by atoms with Gasteiger partial charge in [0.2, 0.25) is 11.8 Å². The lowest BCUT2D eigenvalue weighted by Gasteiger charge is -2.21. The highest BCUT2D eigenvalue weighted by atomic mass is 35.5. The molecule has 0 fully saturated rings. The van der Waals surface area contributed by atoms with Crippen LogP contribution in [0.15, 0.2) is 48.5 Å². The van der Waals surface area contributed by atoms with Gasteiger partial charge in [-0.2, -0.15) is 0 Å². The number of amides is 2. The number of rotatable bonds is 5. The molecule has 0 aliphatic carbocycles. The normalized spacial score (nSPS) is 11.9. The van der Waals surface area contributed by atoms with E-state index < -0.39 is 0 Å². The van der Waals surface area contributed by atoms with Crippen molar-refractivity contribution in [3.63, 3.8) is 0 Å². The summed E-state index contributed by atoms with van der Waals surface area (Å²) in [7, 11) is 0.